The van der Waals surface area contributed by atoms with Crippen molar-refractivity contribution in [3.8, 4) is 0 Å². The first-order valence-electron chi connectivity index (χ1n) is 13.4. The SMILES string of the molecule is CN(CCCC(=O)N(Cc1c(Cl)cccc1Cl)C(Cc1ccccc1)C(=O)NC(C)(C)C)S(=O)(=O)c1ccccc1. The van der Waals surface area contributed by atoms with Crippen LogP contribution in [-0.2, 0) is 32.6 Å². The summed E-state index contributed by atoms with van der Waals surface area (Å²) >= 11 is 13.0. The number of carbonyl (C=O) groups excluding carboxylic acids is 2. The summed E-state index contributed by atoms with van der Waals surface area (Å²) in [6.45, 7) is 5.78. The van der Waals surface area contributed by atoms with Gasteiger partial charge in [0.1, 0.15) is 6.04 Å². The van der Waals surface area contributed by atoms with Gasteiger partial charge in [-0.15, -0.1) is 0 Å². The quantitative estimate of drug-likeness (QED) is 0.272. The first-order chi connectivity index (χ1) is 19.3. The molecule has 3 rings (SSSR count). The van der Waals surface area contributed by atoms with Gasteiger partial charge in [0.15, 0.2) is 0 Å². The fraction of sp³-hybridized carbons (Fsp3) is 0.355. The summed E-state index contributed by atoms with van der Waals surface area (Å²) in [6.07, 6.45) is 0.552. The van der Waals surface area contributed by atoms with Crippen LogP contribution in [0.5, 0.6) is 0 Å². The van der Waals surface area contributed by atoms with Crippen LogP contribution in [0.3, 0.4) is 0 Å². The Kier molecular flexibility index (Phi) is 11.4. The molecule has 1 N–H and O–H groups in total. The van der Waals surface area contributed by atoms with Gasteiger partial charge in [-0.25, -0.2) is 12.7 Å². The topological polar surface area (TPSA) is 86.8 Å². The van der Waals surface area contributed by atoms with Crippen molar-refractivity contribution in [2.45, 2.75) is 63.1 Å². The van der Waals surface area contributed by atoms with Crippen LogP contribution in [0, 0.1) is 0 Å². The highest BCUT2D eigenvalue weighted by atomic mass is 35.5. The highest BCUT2D eigenvalue weighted by Crippen LogP contribution is 2.28. The lowest BCUT2D eigenvalue weighted by molar-refractivity contribution is -0.142. The van der Waals surface area contributed by atoms with E-state index in [1.807, 2.05) is 51.1 Å². The molecule has 220 valence electrons. The molecule has 0 aliphatic heterocycles. The molecule has 0 bridgehead atoms. The number of benzene rings is 3. The second-order valence-electron chi connectivity index (χ2n) is 10.9. The van der Waals surface area contributed by atoms with Gasteiger partial charge >= 0.3 is 0 Å². The number of sulfonamides is 1. The minimum atomic E-state index is -3.70. The van der Waals surface area contributed by atoms with E-state index in [0.717, 1.165) is 5.56 Å². The first kappa shape index (κ1) is 32.6. The zero-order valence-electron chi connectivity index (χ0n) is 23.8. The van der Waals surface area contributed by atoms with Crippen LogP contribution in [0.15, 0.2) is 83.8 Å². The van der Waals surface area contributed by atoms with Crippen molar-refractivity contribution in [3.63, 3.8) is 0 Å². The smallest absolute Gasteiger partial charge is 0.243 e. The summed E-state index contributed by atoms with van der Waals surface area (Å²) in [7, 11) is -2.21. The lowest BCUT2D eigenvalue weighted by Gasteiger charge is -2.34. The number of carbonyl (C=O) groups is 2. The van der Waals surface area contributed by atoms with Gasteiger partial charge < -0.3 is 10.2 Å². The van der Waals surface area contributed by atoms with E-state index in [9.17, 15) is 18.0 Å². The molecule has 0 saturated carbocycles. The third kappa shape index (κ3) is 9.30. The molecule has 0 heterocycles. The van der Waals surface area contributed by atoms with Crippen LogP contribution < -0.4 is 5.32 Å². The Morgan fingerprint density at radius 2 is 1.44 bits per heavy atom. The third-order valence-electron chi connectivity index (χ3n) is 6.47. The molecule has 0 aliphatic carbocycles. The Morgan fingerprint density at radius 3 is 2.00 bits per heavy atom. The molecule has 41 heavy (non-hydrogen) atoms. The third-order valence-corrected chi connectivity index (χ3v) is 9.05. The minimum Gasteiger partial charge on any atom is -0.350 e. The van der Waals surface area contributed by atoms with Gasteiger partial charge in [0.05, 0.1) is 4.90 Å². The molecule has 0 spiro atoms. The number of rotatable bonds is 12. The van der Waals surface area contributed by atoms with Crippen molar-refractivity contribution < 1.29 is 18.0 Å². The van der Waals surface area contributed by atoms with E-state index in [-0.39, 0.29) is 49.1 Å². The van der Waals surface area contributed by atoms with E-state index in [4.69, 9.17) is 23.2 Å². The summed E-state index contributed by atoms with van der Waals surface area (Å²) in [5.41, 5.74) is 0.893. The van der Waals surface area contributed by atoms with Crippen LogP contribution in [0.4, 0.5) is 0 Å². The number of halogens is 2. The highest BCUT2D eigenvalue weighted by molar-refractivity contribution is 7.89. The Hall–Kier alpha value is -2.91. The molecule has 0 fully saturated rings. The van der Waals surface area contributed by atoms with E-state index >= 15 is 0 Å². The van der Waals surface area contributed by atoms with Crippen molar-refractivity contribution in [2.24, 2.45) is 0 Å². The fourth-order valence-corrected chi connectivity index (χ4v) is 6.10. The van der Waals surface area contributed by atoms with Crippen molar-refractivity contribution in [3.05, 3.63) is 100 Å². The highest BCUT2D eigenvalue weighted by Gasteiger charge is 2.33. The van der Waals surface area contributed by atoms with Gasteiger partial charge in [-0.2, -0.15) is 0 Å². The Morgan fingerprint density at radius 1 is 0.878 bits per heavy atom. The molecule has 0 saturated heterocycles. The van der Waals surface area contributed by atoms with E-state index < -0.39 is 21.6 Å². The van der Waals surface area contributed by atoms with Crippen LogP contribution in [0.1, 0.15) is 44.7 Å². The number of hydrogen-bond donors (Lipinski definition) is 1. The molecule has 1 atom stereocenters. The van der Waals surface area contributed by atoms with Gasteiger partial charge in [-0.3, -0.25) is 9.59 Å². The maximum absolute atomic E-state index is 13.9. The predicted molar refractivity (Wildman–Crippen MR) is 164 cm³/mol. The number of amides is 2. The van der Waals surface area contributed by atoms with Gasteiger partial charge in [0, 0.05) is 54.1 Å². The zero-order chi connectivity index (χ0) is 30.2. The molecule has 0 aromatic heterocycles. The largest absolute Gasteiger partial charge is 0.350 e. The summed E-state index contributed by atoms with van der Waals surface area (Å²) in [5.74, 6) is -0.613. The minimum absolute atomic E-state index is 0.0184. The van der Waals surface area contributed by atoms with E-state index in [0.29, 0.717) is 15.6 Å². The van der Waals surface area contributed by atoms with Crippen molar-refractivity contribution in [2.75, 3.05) is 13.6 Å². The number of hydrogen-bond acceptors (Lipinski definition) is 4. The van der Waals surface area contributed by atoms with Crippen LogP contribution >= 0.6 is 23.2 Å². The maximum atomic E-state index is 13.9. The second kappa shape index (κ2) is 14.3. The molecule has 1 unspecified atom stereocenters. The van der Waals surface area contributed by atoms with Crippen LogP contribution in [0.25, 0.3) is 0 Å². The lowest BCUT2D eigenvalue weighted by Crippen LogP contribution is -2.54. The van der Waals surface area contributed by atoms with E-state index in [1.165, 1.54) is 28.4 Å². The molecular weight excluding hydrogens is 581 g/mol. The molecule has 0 radical (unpaired) electrons. The first-order valence-corrected chi connectivity index (χ1v) is 15.6. The van der Waals surface area contributed by atoms with Crippen LogP contribution in [-0.4, -0.2) is 54.6 Å². The molecule has 7 nitrogen and oxygen atoms in total. The number of nitrogens with one attached hydrogen (secondary N) is 1. The average Bonchev–Trinajstić information content (AvgIpc) is 2.92. The molecular formula is C31H37Cl2N3O4S. The fourth-order valence-electron chi connectivity index (χ4n) is 4.35. The zero-order valence-corrected chi connectivity index (χ0v) is 26.1. The van der Waals surface area contributed by atoms with Gasteiger partial charge in [-0.05, 0) is 57.0 Å². The number of nitrogens with zero attached hydrogens (tertiary/aromatic N) is 2. The van der Waals surface area contributed by atoms with Crippen molar-refractivity contribution >= 4 is 45.0 Å². The Labute approximate surface area is 253 Å². The van der Waals surface area contributed by atoms with E-state index in [1.54, 1.807) is 36.4 Å². The average molecular weight is 619 g/mol. The molecule has 0 aliphatic rings. The Bertz CT molecular complexity index is 1410. The molecule has 2 amide bonds. The van der Waals surface area contributed by atoms with Crippen molar-refractivity contribution in [1.82, 2.24) is 14.5 Å². The Balaban J connectivity index is 1.89. The predicted octanol–water partition coefficient (Wildman–Crippen LogP) is 5.95. The summed E-state index contributed by atoms with van der Waals surface area (Å²) in [6, 6.07) is 21.9. The summed E-state index contributed by atoms with van der Waals surface area (Å²) in [5, 5.41) is 3.79. The second-order valence-corrected chi connectivity index (χ2v) is 13.8. The summed E-state index contributed by atoms with van der Waals surface area (Å²) in [4.78, 5) is 29.2. The maximum Gasteiger partial charge on any atom is 0.243 e. The molecule has 10 heteroatoms. The normalized spacial score (nSPS) is 12.7. The standard InChI is InChI=1S/C31H37Cl2N3O4S/c1-31(2,3)34-30(38)28(21-23-13-7-5-8-14-23)36(22-25-26(32)17-11-18-27(25)33)29(37)19-12-20-35(4)41(39,40)24-15-9-6-10-16-24/h5-11,13-18,28H,12,19-22H2,1-4H3,(H,34,38). The molecule has 3 aromatic carbocycles. The lowest BCUT2D eigenvalue weighted by atomic mass is 10.00. The monoisotopic (exact) mass is 617 g/mol. The van der Waals surface area contributed by atoms with Gasteiger partial charge in [-0.1, -0.05) is 77.8 Å². The van der Waals surface area contributed by atoms with Crippen molar-refractivity contribution in [1.29, 1.82) is 0 Å². The van der Waals surface area contributed by atoms with E-state index in [2.05, 4.69) is 5.32 Å². The van der Waals surface area contributed by atoms with Gasteiger partial charge in [0.25, 0.3) is 0 Å². The van der Waals surface area contributed by atoms with Gasteiger partial charge in [0.2, 0.25) is 21.8 Å². The van der Waals surface area contributed by atoms with Crippen LogP contribution in [0.2, 0.25) is 10.0 Å². The molecule has 3 aromatic rings. The summed E-state index contributed by atoms with van der Waals surface area (Å²) < 4.78 is 27.1.